The molecule has 0 spiro atoms. The Kier molecular flexibility index (Phi) is 5.45. The van der Waals surface area contributed by atoms with Crippen LogP contribution in [-0.4, -0.2) is 32.9 Å². The van der Waals surface area contributed by atoms with Crippen LogP contribution in [0.25, 0.3) is 16.7 Å². The van der Waals surface area contributed by atoms with Crippen LogP contribution in [0.1, 0.15) is 29.9 Å². The minimum Gasteiger partial charge on any atom is -0.507 e. The third kappa shape index (κ3) is 3.55. The van der Waals surface area contributed by atoms with Gasteiger partial charge < -0.3 is 23.7 Å². The number of hydrogen-bond donors (Lipinski definition) is 1. The van der Waals surface area contributed by atoms with Crippen molar-refractivity contribution in [2.45, 2.75) is 19.5 Å². The number of likely N-dealkylation sites (tertiary alicyclic amines) is 1. The third-order valence-electron chi connectivity index (χ3n) is 6.11. The smallest absolute Gasteiger partial charge is 0.296 e. The van der Waals surface area contributed by atoms with Gasteiger partial charge >= 0.3 is 0 Å². The molecule has 2 aromatic heterocycles. The van der Waals surface area contributed by atoms with E-state index in [9.17, 15) is 14.7 Å². The summed E-state index contributed by atoms with van der Waals surface area (Å²) in [5.41, 5.74) is 2.21. The third-order valence-corrected chi connectivity index (χ3v) is 6.11. The lowest BCUT2D eigenvalue weighted by molar-refractivity contribution is -0.140. The largest absolute Gasteiger partial charge is 0.507 e. The van der Waals surface area contributed by atoms with Crippen LogP contribution in [0.4, 0.5) is 0 Å². The topological polar surface area (TPSA) is 84.9 Å². The summed E-state index contributed by atoms with van der Waals surface area (Å²) in [6.45, 7) is 2.51. The maximum atomic E-state index is 13.3. The number of Topliss-reactive ketones (excluding diaryl/α,β-unsaturated/α-hetero) is 1. The fourth-order valence-electron chi connectivity index (χ4n) is 4.56. The molecule has 1 saturated heterocycles. The molecule has 0 radical (unpaired) electrons. The maximum Gasteiger partial charge on any atom is 0.296 e. The minimum absolute atomic E-state index is 0.0528. The Hall–Kier alpha value is -4.26. The van der Waals surface area contributed by atoms with Crippen LogP contribution >= 0.6 is 0 Å². The van der Waals surface area contributed by atoms with Crippen molar-refractivity contribution in [1.82, 2.24) is 9.47 Å². The Bertz CT molecular complexity index is 1400. The van der Waals surface area contributed by atoms with Crippen molar-refractivity contribution in [2.24, 2.45) is 7.05 Å². The molecule has 0 bridgehead atoms. The molecule has 1 N–H and O–H groups in total. The van der Waals surface area contributed by atoms with E-state index in [1.54, 1.807) is 36.4 Å². The van der Waals surface area contributed by atoms with E-state index in [0.717, 1.165) is 16.5 Å². The van der Waals surface area contributed by atoms with Crippen LogP contribution in [-0.2, 0) is 23.2 Å². The number of nitrogens with zero attached hydrogens (tertiary/aromatic N) is 2. The molecular formula is C27H24N2O5. The van der Waals surface area contributed by atoms with Crippen LogP contribution in [0.15, 0.2) is 83.1 Å². The second-order valence-electron chi connectivity index (χ2n) is 8.18. The first-order valence-corrected chi connectivity index (χ1v) is 11.1. The number of amides is 1. The Morgan fingerprint density at radius 3 is 2.53 bits per heavy atom. The van der Waals surface area contributed by atoms with Crippen molar-refractivity contribution in [3.63, 3.8) is 0 Å². The van der Waals surface area contributed by atoms with Crippen molar-refractivity contribution in [3.05, 3.63) is 95.6 Å². The second-order valence-corrected chi connectivity index (χ2v) is 8.18. The average Bonchev–Trinajstić information content (AvgIpc) is 3.54. The highest BCUT2D eigenvalue weighted by molar-refractivity contribution is 6.46. The first kappa shape index (κ1) is 21.6. The predicted molar refractivity (Wildman–Crippen MR) is 127 cm³/mol. The number of rotatable bonds is 6. The first-order valence-electron chi connectivity index (χ1n) is 11.1. The van der Waals surface area contributed by atoms with Crippen molar-refractivity contribution >= 4 is 28.4 Å². The number of ether oxygens (including phenoxy) is 1. The van der Waals surface area contributed by atoms with Gasteiger partial charge in [-0.15, -0.1) is 0 Å². The first-order chi connectivity index (χ1) is 16.5. The van der Waals surface area contributed by atoms with E-state index >= 15 is 0 Å². The number of aromatic nitrogens is 1. The van der Waals surface area contributed by atoms with E-state index in [4.69, 9.17) is 9.15 Å². The summed E-state index contributed by atoms with van der Waals surface area (Å²) in [5.74, 6) is -0.421. The molecule has 1 fully saturated rings. The van der Waals surface area contributed by atoms with Crippen LogP contribution < -0.4 is 4.74 Å². The maximum absolute atomic E-state index is 13.3. The zero-order valence-corrected chi connectivity index (χ0v) is 18.9. The highest BCUT2D eigenvalue weighted by atomic mass is 16.5. The number of furan rings is 1. The molecule has 1 amide bonds. The molecule has 2 aromatic carbocycles. The Balaban J connectivity index is 1.69. The van der Waals surface area contributed by atoms with Gasteiger partial charge in [-0.25, -0.2) is 0 Å². The Labute approximate surface area is 196 Å². The second kappa shape index (κ2) is 8.59. The van der Waals surface area contributed by atoms with Gasteiger partial charge in [0.25, 0.3) is 11.7 Å². The molecule has 1 unspecified atom stereocenters. The molecule has 34 heavy (non-hydrogen) atoms. The summed E-state index contributed by atoms with van der Waals surface area (Å²) in [4.78, 5) is 28.0. The van der Waals surface area contributed by atoms with Gasteiger partial charge in [0.1, 0.15) is 17.3 Å². The molecule has 1 atom stereocenters. The molecular weight excluding hydrogens is 432 g/mol. The van der Waals surface area contributed by atoms with Gasteiger partial charge in [0, 0.05) is 35.3 Å². The van der Waals surface area contributed by atoms with Crippen molar-refractivity contribution in [3.8, 4) is 5.75 Å². The summed E-state index contributed by atoms with van der Waals surface area (Å²) < 4.78 is 12.9. The molecule has 7 heteroatoms. The number of para-hydroxylation sites is 1. The Morgan fingerprint density at radius 2 is 1.82 bits per heavy atom. The van der Waals surface area contributed by atoms with E-state index in [0.29, 0.717) is 23.7 Å². The van der Waals surface area contributed by atoms with Crippen molar-refractivity contribution in [2.75, 3.05) is 6.61 Å². The molecule has 1 aliphatic heterocycles. The highest BCUT2D eigenvalue weighted by Gasteiger charge is 2.47. The monoisotopic (exact) mass is 456 g/mol. The fourth-order valence-corrected chi connectivity index (χ4v) is 4.56. The van der Waals surface area contributed by atoms with Crippen LogP contribution in [0.5, 0.6) is 5.75 Å². The summed E-state index contributed by atoms with van der Waals surface area (Å²) in [6.07, 6.45) is 3.43. The molecule has 3 heterocycles. The lowest BCUT2D eigenvalue weighted by Gasteiger charge is -2.24. The van der Waals surface area contributed by atoms with Gasteiger partial charge in [-0.05, 0) is 49.4 Å². The minimum atomic E-state index is -0.775. The van der Waals surface area contributed by atoms with Crippen LogP contribution in [0.3, 0.4) is 0 Å². The number of carbonyl (C=O) groups excluding carboxylic acids is 2. The molecule has 172 valence electrons. The average molecular weight is 456 g/mol. The van der Waals surface area contributed by atoms with Crippen molar-refractivity contribution < 1.29 is 23.8 Å². The number of aryl methyl sites for hydroxylation is 1. The van der Waals surface area contributed by atoms with E-state index in [-0.39, 0.29) is 17.9 Å². The van der Waals surface area contributed by atoms with Crippen LogP contribution in [0, 0.1) is 0 Å². The van der Waals surface area contributed by atoms with E-state index in [2.05, 4.69) is 0 Å². The predicted octanol–water partition coefficient (Wildman–Crippen LogP) is 4.79. The van der Waals surface area contributed by atoms with Gasteiger partial charge in [0.2, 0.25) is 0 Å². The van der Waals surface area contributed by atoms with E-state index in [1.807, 2.05) is 49.0 Å². The molecule has 4 aromatic rings. The van der Waals surface area contributed by atoms with Crippen molar-refractivity contribution in [1.29, 1.82) is 0 Å². The fraction of sp³-hybridized carbons (Fsp3) is 0.185. The van der Waals surface area contributed by atoms with Gasteiger partial charge in [0.15, 0.2) is 0 Å². The molecule has 1 aliphatic rings. The van der Waals surface area contributed by atoms with Gasteiger partial charge in [-0.2, -0.15) is 0 Å². The number of carbonyl (C=O) groups is 2. The van der Waals surface area contributed by atoms with E-state index in [1.165, 1.54) is 11.2 Å². The number of aliphatic hydroxyl groups is 1. The summed E-state index contributed by atoms with van der Waals surface area (Å²) >= 11 is 0. The normalized spacial score (nSPS) is 17.6. The number of fused-ring (bicyclic) bond motifs is 1. The summed E-state index contributed by atoms with van der Waals surface area (Å²) in [7, 11) is 1.91. The van der Waals surface area contributed by atoms with E-state index < -0.39 is 17.7 Å². The summed E-state index contributed by atoms with van der Waals surface area (Å²) in [6, 6.07) is 17.3. The molecule has 5 rings (SSSR count). The zero-order chi connectivity index (χ0) is 23.8. The lowest BCUT2D eigenvalue weighted by atomic mass is 9.95. The van der Waals surface area contributed by atoms with Crippen LogP contribution in [0.2, 0.25) is 0 Å². The highest BCUT2D eigenvalue weighted by Crippen LogP contribution is 2.43. The number of ketones is 1. The van der Waals surface area contributed by atoms with Gasteiger partial charge in [0.05, 0.1) is 31.0 Å². The Morgan fingerprint density at radius 1 is 1.06 bits per heavy atom. The number of hydrogen-bond acceptors (Lipinski definition) is 5. The number of benzene rings is 2. The molecule has 0 aliphatic carbocycles. The van der Waals surface area contributed by atoms with Gasteiger partial charge in [-0.1, -0.05) is 18.2 Å². The SMILES string of the molecule is CCOc1ccc(/C(O)=C2\C(=O)C(=O)N(Cc3ccco3)C2c2cn(C)c3ccccc23)cc1. The zero-order valence-electron chi connectivity index (χ0n) is 18.9. The van der Waals surface area contributed by atoms with Gasteiger partial charge in [-0.3, -0.25) is 9.59 Å². The molecule has 0 saturated carbocycles. The number of aliphatic hydroxyl groups excluding tert-OH is 1. The lowest BCUT2D eigenvalue weighted by Crippen LogP contribution is -2.29. The molecule has 7 nitrogen and oxygen atoms in total. The summed E-state index contributed by atoms with van der Waals surface area (Å²) in [5, 5.41) is 12.2. The quantitative estimate of drug-likeness (QED) is 0.256. The standard InChI is InChI=1S/C27H24N2O5/c1-3-33-18-12-10-17(11-13-18)25(30)23-24(21-16-28(2)22-9-5-4-8-20(21)22)29(27(32)26(23)31)15-19-7-6-14-34-19/h4-14,16,24,30H,3,15H2,1-2H3/b25-23+.